The lowest BCUT2D eigenvalue weighted by molar-refractivity contribution is 0.0938. The third-order valence-corrected chi connectivity index (χ3v) is 3.73. The van der Waals surface area contributed by atoms with E-state index in [1.54, 1.807) is 24.5 Å². The first-order valence-corrected chi connectivity index (χ1v) is 8.87. The predicted molar refractivity (Wildman–Crippen MR) is 100 cm³/mol. The van der Waals surface area contributed by atoms with Crippen LogP contribution >= 0.6 is 0 Å². The fourth-order valence-corrected chi connectivity index (χ4v) is 2.54. The lowest BCUT2D eigenvalue weighted by Gasteiger charge is -2.18. The van der Waals surface area contributed by atoms with E-state index in [4.69, 9.17) is 14.2 Å². The number of benzene rings is 1. The molecule has 26 heavy (non-hydrogen) atoms. The maximum Gasteiger partial charge on any atom is 0.252 e. The number of ether oxygens (including phenoxy) is 3. The number of amides is 1. The molecule has 2 rings (SSSR count). The number of carbonyl (C=O) groups is 1. The van der Waals surface area contributed by atoms with E-state index in [1.165, 1.54) is 0 Å². The average molecular weight is 358 g/mol. The molecule has 1 aromatic heterocycles. The second kappa shape index (κ2) is 9.65. The van der Waals surface area contributed by atoms with Crippen molar-refractivity contribution in [3.05, 3.63) is 47.8 Å². The van der Waals surface area contributed by atoms with E-state index in [0.29, 0.717) is 42.6 Å². The van der Waals surface area contributed by atoms with Gasteiger partial charge in [0.05, 0.1) is 25.9 Å². The number of rotatable bonds is 9. The van der Waals surface area contributed by atoms with Gasteiger partial charge in [0.2, 0.25) is 5.75 Å². The Morgan fingerprint density at radius 2 is 1.54 bits per heavy atom. The van der Waals surface area contributed by atoms with Crippen molar-refractivity contribution in [1.82, 2.24) is 10.3 Å². The zero-order valence-electron chi connectivity index (χ0n) is 15.7. The lowest BCUT2D eigenvalue weighted by Crippen LogP contribution is -2.26. The van der Waals surface area contributed by atoms with Crippen LogP contribution in [0.1, 0.15) is 49.7 Å². The molecule has 140 valence electrons. The second-order valence-electron chi connectivity index (χ2n) is 5.58. The summed E-state index contributed by atoms with van der Waals surface area (Å²) in [7, 11) is 0. The maximum absolute atomic E-state index is 12.7. The van der Waals surface area contributed by atoms with Gasteiger partial charge in [-0.2, -0.15) is 0 Å². The standard InChI is InChI=1S/C20H26N2O4/c1-5-24-17-12-16(13-18(25-6-2)19(17)26-7-3)20(23)22-14(4)15-8-10-21-11-9-15/h8-14H,5-7H2,1-4H3,(H,22,23)/t14-/m0/s1. The summed E-state index contributed by atoms with van der Waals surface area (Å²) < 4.78 is 17.0. The molecular weight excluding hydrogens is 332 g/mol. The Labute approximate surface area is 154 Å². The molecule has 0 aliphatic carbocycles. The van der Waals surface area contributed by atoms with Gasteiger partial charge in [0.25, 0.3) is 5.91 Å². The summed E-state index contributed by atoms with van der Waals surface area (Å²) in [5.41, 5.74) is 1.44. The fourth-order valence-electron chi connectivity index (χ4n) is 2.54. The molecule has 1 atom stereocenters. The highest BCUT2D eigenvalue weighted by molar-refractivity contribution is 5.95. The molecule has 1 aromatic carbocycles. The minimum atomic E-state index is -0.209. The van der Waals surface area contributed by atoms with Crippen molar-refractivity contribution in [3.8, 4) is 17.2 Å². The van der Waals surface area contributed by atoms with Crippen LogP contribution in [-0.2, 0) is 0 Å². The molecule has 1 N–H and O–H groups in total. The van der Waals surface area contributed by atoms with Crippen LogP contribution in [0.4, 0.5) is 0 Å². The summed E-state index contributed by atoms with van der Waals surface area (Å²) in [6.45, 7) is 8.98. The van der Waals surface area contributed by atoms with Crippen LogP contribution < -0.4 is 19.5 Å². The van der Waals surface area contributed by atoms with Gasteiger partial charge < -0.3 is 19.5 Å². The largest absolute Gasteiger partial charge is 0.490 e. The first kappa shape index (κ1) is 19.6. The molecule has 1 amide bonds. The Balaban J connectivity index is 2.30. The molecule has 0 saturated carbocycles. The van der Waals surface area contributed by atoms with E-state index >= 15 is 0 Å². The van der Waals surface area contributed by atoms with Gasteiger partial charge >= 0.3 is 0 Å². The summed E-state index contributed by atoms with van der Waals surface area (Å²) in [5.74, 6) is 1.32. The Kier molecular flexibility index (Phi) is 7.26. The SMILES string of the molecule is CCOc1cc(C(=O)N[C@@H](C)c2ccncc2)cc(OCC)c1OCC. The number of nitrogens with one attached hydrogen (secondary N) is 1. The van der Waals surface area contributed by atoms with E-state index in [1.807, 2.05) is 39.8 Å². The Morgan fingerprint density at radius 1 is 1.00 bits per heavy atom. The summed E-state index contributed by atoms with van der Waals surface area (Å²) in [4.78, 5) is 16.7. The van der Waals surface area contributed by atoms with E-state index < -0.39 is 0 Å². The van der Waals surface area contributed by atoms with Crippen molar-refractivity contribution >= 4 is 5.91 Å². The highest BCUT2D eigenvalue weighted by Gasteiger charge is 2.19. The van der Waals surface area contributed by atoms with Crippen LogP contribution in [0.15, 0.2) is 36.7 Å². The first-order valence-electron chi connectivity index (χ1n) is 8.87. The van der Waals surface area contributed by atoms with E-state index in [-0.39, 0.29) is 11.9 Å². The normalized spacial score (nSPS) is 11.5. The third-order valence-electron chi connectivity index (χ3n) is 3.73. The summed E-state index contributed by atoms with van der Waals surface area (Å²) in [5, 5.41) is 2.98. The van der Waals surface area contributed by atoms with Crippen LogP contribution in [-0.4, -0.2) is 30.7 Å². The number of pyridine rings is 1. The molecule has 0 unspecified atom stereocenters. The molecule has 6 nitrogen and oxygen atoms in total. The number of nitrogens with zero attached hydrogens (tertiary/aromatic N) is 1. The third kappa shape index (κ3) is 4.88. The Bertz CT molecular complexity index is 692. The highest BCUT2D eigenvalue weighted by Crippen LogP contribution is 2.39. The molecule has 0 aliphatic heterocycles. The van der Waals surface area contributed by atoms with Crippen LogP contribution in [0.2, 0.25) is 0 Å². The highest BCUT2D eigenvalue weighted by atomic mass is 16.5. The van der Waals surface area contributed by atoms with Crippen LogP contribution in [0.25, 0.3) is 0 Å². The van der Waals surface area contributed by atoms with Gasteiger partial charge in [-0.25, -0.2) is 0 Å². The topological polar surface area (TPSA) is 69.7 Å². The zero-order chi connectivity index (χ0) is 18.9. The molecule has 6 heteroatoms. The fraction of sp³-hybridized carbons (Fsp3) is 0.400. The van der Waals surface area contributed by atoms with Crippen molar-refractivity contribution < 1.29 is 19.0 Å². The van der Waals surface area contributed by atoms with Crippen molar-refractivity contribution in [2.75, 3.05) is 19.8 Å². The number of aromatic nitrogens is 1. The molecule has 0 aliphatic rings. The van der Waals surface area contributed by atoms with Gasteiger partial charge in [0, 0.05) is 18.0 Å². The molecular formula is C20H26N2O4. The molecule has 0 spiro atoms. The van der Waals surface area contributed by atoms with Gasteiger partial charge in [-0.3, -0.25) is 9.78 Å². The second-order valence-corrected chi connectivity index (χ2v) is 5.58. The Morgan fingerprint density at radius 3 is 2.04 bits per heavy atom. The smallest absolute Gasteiger partial charge is 0.252 e. The zero-order valence-corrected chi connectivity index (χ0v) is 15.7. The molecule has 0 bridgehead atoms. The molecule has 2 aromatic rings. The van der Waals surface area contributed by atoms with Gasteiger partial charge in [0.1, 0.15) is 0 Å². The van der Waals surface area contributed by atoms with Crippen LogP contribution in [0, 0.1) is 0 Å². The van der Waals surface area contributed by atoms with Crippen molar-refractivity contribution in [2.24, 2.45) is 0 Å². The van der Waals surface area contributed by atoms with E-state index in [0.717, 1.165) is 5.56 Å². The Hall–Kier alpha value is -2.76. The van der Waals surface area contributed by atoms with Gasteiger partial charge in [-0.05, 0) is 57.5 Å². The monoisotopic (exact) mass is 358 g/mol. The van der Waals surface area contributed by atoms with Gasteiger partial charge in [0.15, 0.2) is 11.5 Å². The summed E-state index contributed by atoms with van der Waals surface area (Å²) >= 11 is 0. The number of hydrogen-bond donors (Lipinski definition) is 1. The maximum atomic E-state index is 12.7. The predicted octanol–water partition coefficient (Wildman–Crippen LogP) is 3.77. The van der Waals surface area contributed by atoms with Crippen LogP contribution in [0.5, 0.6) is 17.2 Å². The average Bonchev–Trinajstić information content (AvgIpc) is 2.65. The quantitative estimate of drug-likeness (QED) is 0.739. The van der Waals surface area contributed by atoms with Crippen molar-refractivity contribution in [2.45, 2.75) is 33.7 Å². The van der Waals surface area contributed by atoms with E-state index in [2.05, 4.69) is 10.3 Å². The molecule has 0 saturated heterocycles. The first-order chi connectivity index (χ1) is 12.6. The van der Waals surface area contributed by atoms with Gasteiger partial charge in [-0.1, -0.05) is 0 Å². The van der Waals surface area contributed by atoms with Gasteiger partial charge in [-0.15, -0.1) is 0 Å². The van der Waals surface area contributed by atoms with Crippen LogP contribution in [0.3, 0.4) is 0 Å². The molecule has 0 radical (unpaired) electrons. The molecule has 1 heterocycles. The lowest BCUT2D eigenvalue weighted by atomic mass is 10.1. The number of hydrogen-bond acceptors (Lipinski definition) is 5. The summed E-state index contributed by atoms with van der Waals surface area (Å²) in [6.07, 6.45) is 3.41. The van der Waals surface area contributed by atoms with Crippen molar-refractivity contribution in [3.63, 3.8) is 0 Å². The summed E-state index contributed by atoms with van der Waals surface area (Å²) in [6, 6.07) is 6.97. The molecule has 0 fully saturated rings. The van der Waals surface area contributed by atoms with Crippen molar-refractivity contribution in [1.29, 1.82) is 0 Å². The van der Waals surface area contributed by atoms with E-state index in [9.17, 15) is 4.79 Å². The minimum Gasteiger partial charge on any atom is -0.490 e. The number of carbonyl (C=O) groups excluding carboxylic acids is 1. The minimum absolute atomic E-state index is 0.150.